The predicted octanol–water partition coefficient (Wildman–Crippen LogP) is 16.8. The van der Waals surface area contributed by atoms with E-state index in [4.69, 9.17) is 0 Å². The van der Waals surface area contributed by atoms with Crippen LogP contribution in [-0.2, 0) is 10.8 Å². The average Bonchev–Trinajstić information content (AvgIpc) is 4.02. The van der Waals surface area contributed by atoms with Crippen molar-refractivity contribution < 1.29 is 0 Å². The lowest BCUT2D eigenvalue weighted by Gasteiger charge is -2.43. The minimum atomic E-state index is -0.436. The van der Waals surface area contributed by atoms with Gasteiger partial charge in [0.25, 0.3) is 6.71 Å². The summed E-state index contributed by atoms with van der Waals surface area (Å²) in [4.78, 5) is 5.22. The van der Waals surface area contributed by atoms with E-state index in [0.29, 0.717) is 11.8 Å². The molecule has 348 valence electrons. The molecule has 0 N–H and O–H groups in total. The normalized spacial score (nSPS) is 14.4. The topological polar surface area (TPSA) is 6.48 Å². The van der Waals surface area contributed by atoms with Crippen LogP contribution in [0, 0.1) is 6.92 Å². The molecule has 14 rings (SSSR count). The smallest absolute Gasteiger partial charge is 0.264 e. The Kier molecular flexibility index (Phi) is 9.37. The molecule has 1 aromatic heterocycles. The van der Waals surface area contributed by atoms with Crippen LogP contribution in [-0.4, -0.2) is 6.71 Å². The summed E-state index contributed by atoms with van der Waals surface area (Å²) in [6.45, 7) is 18.5. The molecule has 1 spiro atoms. The molecule has 3 heterocycles. The molecule has 10 aromatic rings. The largest absolute Gasteiger partial charge is 0.311 e. The maximum absolute atomic E-state index is 2.65. The van der Waals surface area contributed by atoms with Gasteiger partial charge in [-0.1, -0.05) is 182 Å². The Labute approximate surface area is 429 Å². The molecule has 0 saturated carbocycles. The SMILES string of the molecule is Cc1cc2c3c(c1)N(c1ccc(C(C)(C)C)cc1)c1c(sc4cc5c(cc14)-c1ccc(C(C)C)cc1C51c4ccccc4-c4ccccc41)B3c1ccc(-c3ccccc3)cc1N2c1ccc(C(C)C)cc1. The van der Waals surface area contributed by atoms with Gasteiger partial charge < -0.3 is 9.80 Å². The fourth-order valence-corrected chi connectivity index (χ4v) is 14.4. The van der Waals surface area contributed by atoms with Gasteiger partial charge in [0, 0.05) is 43.3 Å². The molecule has 2 aliphatic carbocycles. The molecule has 0 unspecified atom stereocenters. The van der Waals surface area contributed by atoms with Crippen molar-refractivity contribution in [3.63, 3.8) is 0 Å². The summed E-state index contributed by atoms with van der Waals surface area (Å²) in [5.74, 6) is 0.848. The highest BCUT2D eigenvalue weighted by molar-refractivity contribution is 7.33. The first-order valence-corrected chi connectivity index (χ1v) is 26.8. The van der Waals surface area contributed by atoms with Gasteiger partial charge in [0.05, 0.1) is 11.1 Å². The third-order valence-electron chi connectivity index (χ3n) is 16.6. The standard InChI is InChI=1S/C68H57BN2S/c1-40(2)43-22-28-48(29-23-43)70-60-37-46(44-16-10-9-11-17-44)25-33-59(60)69-64-61(70)34-42(5)35-62(64)71(49-30-26-47(27-31-49)67(6,7)8)65-54-38-53-52-32-24-45(41(3)4)36-57(52)68(58(53)39-63(54)72-66(65)69)55-20-14-12-18-50(55)51-19-13-15-21-56(51)68/h9-41H,1-8H3. The number of anilines is 6. The number of hydrogen-bond donors (Lipinski definition) is 0. The quantitative estimate of drug-likeness (QED) is 0.159. The van der Waals surface area contributed by atoms with Crippen molar-refractivity contribution in [3.8, 4) is 33.4 Å². The first kappa shape index (κ1) is 43.4. The van der Waals surface area contributed by atoms with Crippen LogP contribution in [0.3, 0.4) is 0 Å². The summed E-state index contributed by atoms with van der Waals surface area (Å²) in [5.41, 5.74) is 28.4. The lowest BCUT2D eigenvalue weighted by Crippen LogP contribution is -2.60. The lowest BCUT2D eigenvalue weighted by molar-refractivity contribution is 0.590. The van der Waals surface area contributed by atoms with Crippen LogP contribution in [0.4, 0.5) is 34.1 Å². The van der Waals surface area contributed by atoms with E-state index in [-0.39, 0.29) is 12.1 Å². The van der Waals surface area contributed by atoms with E-state index in [1.54, 1.807) is 0 Å². The van der Waals surface area contributed by atoms with Crippen molar-refractivity contribution in [1.82, 2.24) is 0 Å². The Morgan fingerprint density at radius 2 is 1.07 bits per heavy atom. The molecule has 0 fully saturated rings. The molecule has 9 aromatic carbocycles. The van der Waals surface area contributed by atoms with Gasteiger partial charge in [0.15, 0.2) is 0 Å². The number of aryl methyl sites for hydroxylation is 1. The van der Waals surface area contributed by atoms with Crippen LogP contribution >= 0.6 is 11.3 Å². The van der Waals surface area contributed by atoms with E-state index < -0.39 is 5.41 Å². The highest BCUT2D eigenvalue weighted by atomic mass is 32.1. The Morgan fingerprint density at radius 1 is 0.486 bits per heavy atom. The van der Waals surface area contributed by atoms with Crippen molar-refractivity contribution in [1.29, 1.82) is 0 Å². The molecule has 2 nitrogen and oxygen atoms in total. The molecule has 0 amide bonds. The highest BCUT2D eigenvalue weighted by Crippen LogP contribution is 2.64. The van der Waals surface area contributed by atoms with E-state index in [9.17, 15) is 0 Å². The van der Waals surface area contributed by atoms with Crippen molar-refractivity contribution in [3.05, 3.63) is 233 Å². The van der Waals surface area contributed by atoms with Crippen molar-refractivity contribution >= 4 is 78.0 Å². The van der Waals surface area contributed by atoms with Gasteiger partial charge in [-0.05, 0) is 168 Å². The molecule has 4 aliphatic rings. The summed E-state index contributed by atoms with van der Waals surface area (Å²) in [6.07, 6.45) is 0. The summed E-state index contributed by atoms with van der Waals surface area (Å²) in [6, 6.07) is 73.0. The van der Waals surface area contributed by atoms with Gasteiger partial charge in [0.1, 0.15) is 0 Å². The number of fused-ring (bicyclic) bond motifs is 16. The van der Waals surface area contributed by atoms with E-state index >= 15 is 0 Å². The number of thiophene rings is 1. The van der Waals surface area contributed by atoms with Crippen LogP contribution in [0.1, 0.15) is 105 Å². The molecule has 2 aliphatic heterocycles. The zero-order valence-corrected chi connectivity index (χ0v) is 43.2. The fraction of sp³-hybridized carbons (Fsp3) is 0.176. The monoisotopic (exact) mass is 944 g/mol. The molecular weight excluding hydrogens is 888 g/mol. The fourth-order valence-electron chi connectivity index (χ4n) is 13.1. The number of hydrogen-bond acceptors (Lipinski definition) is 3. The van der Waals surface area contributed by atoms with Crippen molar-refractivity contribution in [2.75, 3.05) is 9.80 Å². The third kappa shape index (κ3) is 6.02. The van der Waals surface area contributed by atoms with Gasteiger partial charge in [-0.2, -0.15) is 0 Å². The van der Waals surface area contributed by atoms with Crippen molar-refractivity contribution in [2.45, 2.75) is 78.1 Å². The van der Waals surface area contributed by atoms with Gasteiger partial charge in [-0.25, -0.2) is 0 Å². The Bertz CT molecular complexity index is 3830. The van der Waals surface area contributed by atoms with E-state index in [1.807, 2.05) is 11.3 Å². The second-order valence-corrected chi connectivity index (χ2v) is 23.6. The Hall–Kier alpha value is -7.40. The maximum atomic E-state index is 2.65. The molecule has 0 saturated heterocycles. The molecule has 0 radical (unpaired) electrons. The molecule has 72 heavy (non-hydrogen) atoms. The van der Waals surface area contributed by atoms with Crippen LogP contribution in [0.2, 0.25) is 0 Å². The lowest BCUT2D eigenvalue weighted by atomic mass is 9.36. The molecule has 0 bridgehead atoms. The zero-order valence-electron chi connectivity index (χ0n) is 42.4. The highest BCUT2D eigenvalue weighted by Gasteiger charge is 2.53. The maximum Gasteiger partial charge on any atom is 0.264 e. The van der Waals surface area contributed by atoms with Crippen LogP contribution in [0.15, 0.2) is 188 Å². The van der Waals surface area contributed by atoms with E-state index in [1.165, 1.54) is 138 Å². The first-order valence-electron chi connectivity index (χ1n) is 26.0. The first-order chi connectivity index (χ1) is 34.9. The number of benzene rings is 9. The number of rotatable bonds is 5. The van der Waals surface area contributed by atoms with E-state index in [0.717, 1.165) is 0 Å². The van der Waals surface area contributed by atoms with Crippen LogP contribution in [0.5, 0.6) is 0 Å². The third-order valence-corrected chi connectivity index (χ3v) is 17.8. The van der Waals surface area contributed by atoms with Gasteiger partial charge in [0.2, 0.25) is 0 Å². The molecule has 4 heteroatoms. The summed E-state index contributed by atoms with van der Waals surface area (Å²) in [7, 11) is 0. The second kappa shape index (κ2) is 15.6. The van der Waals surface area contributed by atoms with Crippen molar-refractivity contribution in [2.24, 2.45) is 0 Å². The Morgan fingerprint density at radius 3 is 1.74 bits per heavy atom. The summed E-state index contributed by atoms with van der Waals surface area (Å²) < 4.78 is 2.72. The molecular formula is C68H57BN2S. The van der Waals surface area contributed by atoms with Gasteiger partial charge in [-0.3, -0.25) is 0 Å². The predicted molar refractivity (Wildman–Crippen MR) is 309 cm³/mol. The summed E-state index contributed by atoms with van der Waals surface area (Å²) >= 11 is 2.01. The van der Waals surface area contributed by atoms with Gasteiger partial charge >= 0.3 is 0 Å². The van der Waals surface area contributed by atoms with Crippen LogP contribution in [0.25, 0.3) is 43.5 Å². The second-order valence-electron chi connectivity index (χ2n) is 22.5. The minimum Gasteiger partial charge on any atom is -0.311 e. The molecule has 0 atom stereocenters. The van der Waals surface area contributed by atoms with E-state index in [2.05, 4.69) is 253 Å². The summed E-state index contributed by atoms with van der Waals surface area (Å²) in [5, 5.41) is 1.31. The van der Waals surface area contributed by atoms with Gasteiger partial charge in [-0.15, -0.1) is 11.3 Å². The minimum absolute atomic E-state index is 0.0109. The Balaban J connectivity index is 1.09. The number of nitrogens with zero attached hydrogens (tertiary/aromatic N) is 2. The van der Waals surface area contributed by atoms with Crippen LogP contribution < -0.4 is 25.5 Å². The zero-order chi connectivity index (χ0) is 48.9. The average molecular weight is 945 g/mol.